The van der Waals surface area contributed by atoms with Gasteiger partial charge in [0, 0.05) is 37.0 Å². The Hall–Kier alpha value is -3.32. The number of piperidine rings is 1. The molecule has 0 atom stereocenters. The molecule has 8 heteroatoms. The SMILES string of the molecule is CCC(=O)Nc1c(C)nn(-c2ccccc2)c1N1CCC(C(=O)NCCc2ccc(Cl)cc2)CC1. The Bertz CT molecular complexity index is 1150. The Kier molecular flexibility index (Phi) is 8.08. The maximum Gasteiger partial charge on any atom is 0.224 e. The van der Waals surface area contributed by atoms with E-state index in [0.717, 1.165) is 47.7 Å². The number of benzene rings is 2. The van der Waals surface area contributed by atoms with Gasteiger partial charge in [0.15, 0.2) is 5.82 Å². The number of carbonyl (C=O) groups is 2. The van der Waals surface area contributed by atoms with Crippen LogP contribution >= 0.6 is 11.6 Å². The summed E-state index contributed by atoms with van der Waals surface area (Å²) in [5.74, 6) is 0.902. The number of hydrogen-bond donors (Lipinski definition) is 2. The maximum absolute atomic E-state index is 12.8. The largest absolute Gasteiger partial charge is 0.356 e. The topological polar surface area (TPSA) is 79.3 Å². The van der Waals surface area contributed by atoms with E-state index in [1.807, 2.05) is 73.1 Å². The van der Waals surface area contributed by atoms with Crippen molar-refractivity contribution in [2.75, 3.05) is 29.9 Å². The second kappa shape index (κ2) is 11.4. The third kappa shape index (κ3) is 6.03. The fourth-order valence-corrected chi connectivity index (χ4v) is 4.54. The van der Waals surface area contributed by atoms with Crippen LogP contribution in [0.2, 0.25) is 5.02 Å². The summed E-state index contributed by atoms with van der Waals surface area (Å²) in [6.45, 7) is 5.77. The Morgan fingerprint density at radius 2 is 1.74 bits per heavy atom. The van der Waals surface area contributed by atoms with Crippen LogP contribution in [-0.4, -0.2) is 41.2 Å². The molecule has 3 aromatic rings. The lowest BCUT2D eigenvalue weighted by Crippen LogP contribution is -2.42. The van der Waals surface area contributed by atoms with Crippen molar-refractivity contribution in [3.8, 4) is 5.69 Å². The number of nitrogens with zero attached hydrogens (tertiary/aromatic N) is 3. The average Bonchev–Trinajstić information content (AvgIpc) is 3.21. The highest BCUT2D eigenvalue weighted by atomic mass is 35.5. The van der Waals surface area contributed by atoms with E-state index in [9.17, 15) is 9.59 Å². The van der Waals surface area contributed by atoms with Gasteiger partial charge in [-0.15, -0.1) is 0 Å². The van der Waals surface area contributed by atoms with Crippen LogP contribution in [0.3, 0.4) is 0 Å². The summed E-state index contributed by atoms with van der Waals surface area (Å²) >= 11 is 5.94. The highest BCUT2D eigenvalue weighted by Crippen LogP contribution is 2.35. The van der Waals surface area contributed by atoms with E-state index in [2.05, 4.69) is 15.5 Å². The fraction of sp³-hybridized carbons (Fsp3) is 0.370. The van der Waals surface area contributed by atoms with Gasteiger partial charge >= 0.3 is 0 Å². The average molecular weight is 494 g/mol. The summed E-state index contributed by atoms with van der Waals surface area (Å²) in [6.07, 6.45) is 2.66. The molecule has 1 aliphatic heterocycles. The Morgan fingerprint density at radius 1 is 1.06 bits per heavy atom. The molecule has 184 valence electrons. The minimum Gasteiger partial charge on any atom is -0.356 e. The molecule has 7 nitrogen and oxygen atoms in total. The lowest BCUT2D eigenvalue weighted by Gasteiger charge is -2.33. The van der Waals surface area contributed by atoms with Gasteiger partial charge in [-0.25, -0.2) is 4.68 Å². The monoisotopic (exact) mass is 493 g/mol. The van der Waals surface area contributed by atoms with Crippen LogP contribution in [0.15, 0.2) is 54.6 Å². The quantitative estimate of drug-likeness (QED) is 0.474. The molecule has 1 aromatic heterocycles. The first kappa shape index (κ1) is 24.8. The number of halogens is 1. The molecular weight excluding hydrogens is 462 g/mol. The van der Waals surface area contributed by atoms with Crippen LogP contribution in [0.1, 0.15) is 37.4 Å². The Morgan fingerprint density at radius 3 is 2.40 bits per heavy atom. The molecule has 0 radical (unpaired) electrons. The molecule has 0 spiro atoms. The van der Waals surface area contributed by atoms with Crippen molar-refractivity contribution in [2.45, 2.75) is 39.5 Å². The lowest BCUT2D eigenvalue weighted by molar-refractivity contribution is -0.125. The van der Waals surface area contributed by atoms with E-state index in [4.69, 9.17) is 16.7 Å². The van der Waals surface area contributed by atoms with Crippen molar-refractivity contribution in [2.24, 2.45) is 5.92 Å². The van der Waals surface area contributed by atoms with Gasteiger partial charge < -0.3 is 15.5 Å². The lowest BCUT2D eigenvalue weighted by atomic mass is 9.95. The van der Waals surface area contributed by atoms with Gasteiger partial charge in [0.1, 0.15) is 5.69 Å². The van der Waals surface area contributed by atoms with Crippen LogP contribution in [0, 0.1) is 12.8 Å². The molecule has 2 amide bonds. The third-order valence-corrected chi connectivity index (χ3v) is 6.67. The number of para-hydroxylation sites is 1. The standard InChI is InChI=1S/C27H32ClN5O2/c1-3-24(34)30-25-19(2)31-33(23-7-5-4-6-8-23)27(25)32-17-14-21(15-18-32)26(35)29-16-13-20-9-11-22(28)12-10-20/h4-12,21H,3,13-18H2,1-2H3,(H,29,35)(H,30,34). The van der Waals surface area contributed by atoms with Crippen molar-refractivity contribution in [3.63, 3.8) is 0 Å². The van der Waals surface area contributed by atoms with Gasteiger partial charge in [-0.05, 0) is 56.0 Å². The number of rotatable bonds is 8. The first-order valence-electron chi connectivity index (χ1n) is 12.2. The van der Waals surface area contributed by atoms with Crippen molar-refractivity contribution in [3.05, 3.63) is 70.9 Å². The van der Waals surface area contributed by atoms with E-state index >= 15 is 0 Å². The minimum absolute atomic E-state index is 0.0284. The van der Waals surface area contributed by atoms with Crippen LogP contribution in [0.5, 0.6) is 0 Å². The summed E-state index contributed by atoms with van der Waals surface area (Å²) in [4.78, 5) is 27.3. The van der Waals surface area contributed by atoms with Gasteiger partial charge in [-0.2, -0.15) is 5.10 Å². The fourth-order valence-electron chi connectivity index (χ4n) is 4.41. The molecule has 1 aliphatic rings. The molecule has 4 rings (SSSR count). The molecule has 1 saturated heterocycles. The van der Waals surface area contributed by atoms with E-state index in [1.54, 1.807) is 0 Å². The van der Waals surface area contributed by atoms with Crippen molar-refractivity contribution < 1.29 is 9.59 Å². The summed E-state index contributed by atoms with van der Waals surface area (Å²) in [7, 11) is 0. The zero-order valence-corrected chi connectivity index (χ0v) is 21.0. The number of hydrogen-bond acceptors (Lipinski definition) is 4. The molecule has 35 heavy (non-hydrogen) atoms. The molecule has 0 saturated carbocycles. The number of carbonyl (C=O) groups excluding carboxylic acids is 2. The molecule has 2 N–H and O–H groups in total. The number of amides is 2. The molecule has 2 aromatic carbocycles. The predicted octanol–water partition coefficient (Wildman–Crippen LogP) is 4.76. The summed E-state index contributed by atoms with van der Waals surface area (Å²) in [5, 5.41) is 11.6. The molecule has 0 bridgehead atoms. The minimum atomic E-state index is -0.0445. The van der Waals surface area contributed by atoms with E-state index < -0.39 is 0 Å². The van der Waals surface area contributed by atoms with Gasteiger partial charge in [0.2, 0.25) is 11.8 Å². The molecule has 0 unspecified atom stereocenters. The summed E-state index contributed by atoms with van der Waals surface area (Å²) in [6, 6.07) is 17.6. The van der Waals surface area contributed by atoms with Crippen LogP contribution in [0.25, 0.3) is 5.69 Å². The summed E-state index contributed by atoms with van der Waals surface area (Å²) < 4.78 is 1.90. The van der Waals surface area contributed by atoms with Crippen LogP contribution in [-0.2, 0) is 16.0 Å². The van der Waals surface area contributed by atoms with Gasteiger partial charge in [-0.3, -0.25) is 9.59 Å². The van der Waals surface area contributed by atoms with Gasteiger partial charge in [-0.1, -0.05) is 48.9 Å². The van der Waals surface area contributed by atoms with Crippen LogP contribution < -0.4 is 15.5 Å². The van der Waals surface area contributed by atoms with Gasteiger partial charge in [0.05, 0.1) is 11.4 Å². The van der Waals surface area contributed by atoms with E-state index in [0.29, 0.717) is 31.1 Å². The number of anilines is 2. The number of nitrogens with one attached hydrogen (secondary N) is 2. The first-order chi connectivity index (χ1) is 17.0. The van der Waals surface area contributed by atoms with E-state index in [1.165, 1.54) is 0 Å². The number of aryl methyl sites for hydroxylation is 1. The third-order valence-electron chi connectivity index (χ3n) is 6.41. The van der Waals surface area contributed by atoms with E-state index in [-0.39, 0.29) is 17.7 Å². The van der Waals surface area contributed by atoms with Crippen molar-refractivity contribution in [1.29, 1.82) is 0 Å². The maximum atomic E-state index is 12.8. The Balaban J connectivity index is 1.42. The van der Waals surface area contributed by atoms with Crippen molar-refractivity contribution >= 4 is 34.9 Å². The van der Waals surface area contributed by atoms with Crippen LogP contribution in [0.4, 0.5) is 11.5 Å². The second-order valence-corrected chi connectivity index (χ2v) is 9.30. The summed E-state index contributed by atoms with van der Waals surface area (Å²) in [5.41, 5.74) is 3.60. The smallest absolute Gasteiger partial charge is 0.224 e. The molecule has 0 aliphatic carbocycles. The van der Waals surface area contributed by atoms with Gasteiger partial charge in [0.25, 0.3) is 0 Å². The highest BCUT2D eigenvalue weighted by Gasteiger charge is 2.29. The number of aromatic nitrogens is 2. The molecule has 2 heterocycles. The zero-order valence-electron chi connectivity index (χ0n) is 20.3. The molecular formula is C27H32ClN5O2. The Labute approximate surface area is 211 Å². The predicted molar refractivity (Wildman–Crippen MR) is 140 cm³/mol. The zero-order chi connectivity index (χ0) is 24.8. The first-order valence-corrected chi connectivity index (χ1v) is 12.6. The van der Waals surface area contributed by atoms with Crippen molar-refractivity contribution in [1.82, 2.24) is 15.1 Å². The molecule has 1 fully saturated rings. The highest BCUT2D eigenvalue weighted by molar-refractivity contribution is 6.30. The second-order valence-electron chi connectivity index (χ2n) is 8.86. The normalized spacial score (nSPS) is 14.1.